The number of aryl methyl sites for hydroxylation is 2. The molecule has 0 fully saturated rings. The molecule has 1 aliphatic carbocycles. The van der Waals surface area contributed by atoms with Crippen LogP contribution < -0.4 is 10.9 Å². The van der Waals surface area contributed by atoms with Crippen molar-refractivity contribution in [2.75, 3.05) is 5.32 Å². The van der Waals surface area contributed by atoms with Crippen molar-refractivity contribution in [1.82, 2.24) is 4.98 Å². The summed E-state index contributed by atoms with van der Waals surface area (Å²) in [5, 5.41) is 13.9. The number of rotatable bonds is 2. The van der Waals surface area contributed by atoms with Gasteiger partial charge < -0.3 is 15.4 Å². The van der Waals surface area contributed by atoms with Gasteiger partial charge >= 0.3 is 0 Å². The van der Waals surface area contributed by atoms with Crippen LogP contribution in [0.2, 0.25) is 0 Å². The highest BCUT2D eigenvalue weighted by Crippen LogP contribution is 2.41. The van der Waals surface area contributed by atoms with Crippen LogP contribution in [-0.4, -0.2) is 16.0 Å². The second-order valence-electron chi connectivity index (χ2n) is 7.15. The van der Waals surface area contributed by atoms with Crippen LogP contribution in [0.3, 0.4) is 0 Å². The van der Waals surface area contributed by atoms with Gasteiger partial charge in [-0.1, -0.05) is 6.92 Å². The van der Waals surface area contributed by atoms with Gasteiger partial charge in [-0.25, -0.2) is 4.39 Å². The van der Waals surface area contributed by atoms with E-state index in [0.29, 0.717) is 27.4 Å². The number of hydrogen-bond acceptors (Lipinski definition) is 4. The lowest BCUT2D eigenvalue weighted by molar-refractivity contribution is 0.102. The molecule has 2 heterocycles. The Bertz CT molecular complexity index is 1130. The maximum Gasteiger partial charge on any atom is 0.265 e. The van der Waals surface area contributed by atoms with E-state index in [9.17, 15) is 19.1 Å². The van der Waals surface area contributed by atoms with Gasteiger partial charge in [0.25, 0.3) is 11.5 Å². The first kappa shape index (κ1) is 17.7. The molecular weight excluding hydrogens is 367 g/mol. The first-order valence-corrected chi connectivity index (χ1v) is 9.63. The Balaban J connectivity index is 1.79. The van der Waals surface area contributed by atoms with Crippen LogP contribution in [0.15, 0.2) is 23.0 Å². The van der Waals surface area contributed by atoms with Crippen molar-refractivity contribution in [2.24, 2.45) is 5.92 Å². The Kier molecular flexibility index (Phi) is 4.26. The Morgan fingerprint density at radius 2 is 2.19 bits per heavy atom. The molecular formula is C20H19FN2O3S. The van der Waals surface area contributed by atoms with E-state index < -0.39 is 17.3 Å². The van der Waals surface area contributed by atoms with Crippen molar-refractivity contribution >= 4 is 33.1 Å². The first-order valence-electron chi connectivity index (χ1n) is 8.82. The summed E-state index contributed by atoms with van der Waals surface area (Å²) >= 11 is 1.47. The number of hydrogen-bond donors (Lipinski definition) is 3. The van der Waals surface area contributed by atoms with E-state index in [0.717, 1.165) is 29.7 Å². The second kappa shape index (κ2) is 6.49. The molecule has 1 atom stereocenters. The Morgan fingerprint density at radius 1 is 1.41 bits per heavy atom. The van der Waals surface area contributed by atoms with Gasteiger partial charge in [0.15, 0.2) is 0 Å². The van der Waals surface area contributed by atoms with Crippen LogP contribution in [0.4, 0.5) is 10.1 Å². The molecule has 0 saturated carbocycles. The smallest absolute Gasteiger partial charge is 0.265 e. The van der Waals surface area contributed by atoms with E-state index in [-0.39, 0.29) is 11.3 Å². The number of pyridine rings is 1. The third-order valence-electron chi connectivity index (χ3n) is 5.10. The summed E-state index contributed by atoms with van der Waals surface area (Å²) in [6, 6.07) is 3.95. The van der Waals surface area contributed by atoms with E-state index in [2.05, 4.69) is 17.2 Å². The van der Waals surface area contributed by atoms with Crippen LogP contribution in [0.5, 0.6) is 5.75 Å². The third kappa shape index (κ3) is 3.02. The summed E-state index contributed by atoms with van der Waals surface area (Å²) in [5.74, 6) is -0.844. The fourth-order valence-electron chi connectivity index (χ4n) is 3.65. The number of aromatic nitrogens is 1. The van der Waals surface area contributed by atoms with E-state index in [1.54, 1.807) is 6.92 Å². The molecule has 27 heavy (non-hydrogen) atoms. The number of halogens is 1. The van der Waals surface area contributed by atoms with E-state index >= 15 is 0 Å². The number of anilines is 1. The molecule has 140 valence electrons. The number of fused-ring (bicyclic) bond motifs is 3. The lowest BCUT2D eigenvalue weighted by Gasteiger charge is -2.18. The fraction of sp³-hybridized carbons (Fsp3) is 0.300. The maximum absolute atomic E-state index is 13.3. The molecule has 0 bridgehead atoms. The van der Waals surface area contributed by atoms with Crippen LogP contribution in [0.1, 0.15) is 39.7 Å². The Morgan fingerprint density at radius 3 is 2.93 bits per heavy atom. The van der Waals surface area contributed by atoms with Gasteiger partial charge in [0.1, 0.15) is 22.0 Å². The monoisotopic (exact) mass is 386 g/mol. The molecule has 0 spiro atoms. The number of thiophene rings is 1. The number of carbonyl (C=O) groups is 1. The molecule has 4 rings (SSSR count). The molecule has 0 radical (unpaired) electrons. The highest BCUT2D eigenvalue weighted by atomic mass is 32.1. The lowest BCUT2D eigenvalue weighted by atomic mass is 9.89. The van der Waals surface area contributed by atoms with E-state index in [1.165, 1.54) is 29.5 Å². The van der Waals surface area contributed by atoms with Gasteiger partial charge in [0, 0.05) is 10.6 Å². The van der Waals surface area contributed by atoms with Gasteiger partial charge in [0.2, 0.25) is 0 Å². The van der Waals surface area contributed by atoms with E-state index in [4.69, 9.17) is 0 Å². The van der Waals surface area contributed by atoms with Crippen molar-refractivity contribution in [3.05, 3.63) is 55.9 Å². The summed E-state index contributed by atoms with van der Waals surface area (Å²) in [6.07, 6.45) is 2.73. The summed E-state index contributed by atoms with van der Waals surface area (Å²) in [5.41, 5.74) is 0.993. The molecule has 2 aromatic heterocycles. The highest BCUT2D eigenvalue weighted by molar-refractivity contribution is 7.18. The molecule has 0 saturated heterocycles. The number of nitrogens with one attached hydrogen (secondary N) is 2. The minimum Gasteiger partial charge on any atom is -0.506 e. The third-order valence-corrected chi connectivity index (χ3v) is 6.27. The molecule has 1 amide bonds. The van der Waals surface area contributed by atoms with Crippen LogP contribution in [0.25, 0.3) is 10.2 Å². The predicted octanol–water partition coefficient (Wildman–Crippen LogP) is 4.12. The average Bonchev–Trinajstić information content (AvgIpc) is 2.94. The molecule has 3 aromatic rings. The van der Waals surface area contributed by atoms with Gasteiger partial charge in [-0.3, -0.25) is 9.59 Å². The zero-order valence-corrected chi connectivity index (χ0v) is 15.8. The fourth-order valence-corrected chi connectivity index (χ4v) is 5.06. The summed E-state index contributed by atoms with van der Waals surface area (Å²) in [4.78, 5) is 29.7. The standard InChI is InChI=1S/C20H19FN2O3S/c1-9-3-5-12-14(7-9)27-20-15(12)17(24)16(19(26)23-20)18(25)22-13-6-4-11(21)8-10(13)2/h4,6,8-9H,3,5,7H2,1-2H3,(H,22,25)(H2,23,24,26)/t9-/m1/s1. The topological polar surface area (TPSA) is 82.2 Å². The number of amides is 1. The largest absolute Gasteiger partial charge is 0.506 e. The first-order chi connectivity index (χ1) is 12.8. The highest BCUT2D eigenvalue weighted by Gasteiger charge is 2.27. The number of H-pyrrole nitrogens is 1. The molecule has 0 aliphatic heterocycles. The minimum atomic E-state index is -0.713. The van der Waals surface area contributed by atoms with E-state index in [1.807, 2.05) is 0 Å². The number of carbonyl (C=O) groups excluding carboxylic acids is 1. The summed E-state index contributed by atoms with van der Waals surface area (Å²) in [7, 11) is 0. The Labute approximate surface area is 158 Å². The second-order valence-corrected chi connectivity index (χ2v) is 8.25. The van der Waals surface area contributed by atoms with Crippen molar-refractivity contribution < 1.29 is 14.3 Å². The summed E-state index contributed by atoms with van der Waals surface area (Å²) in [6.45, 7) is 3.84. The van der Waals surface area contributed by atoms with Gasteiger partial charge in [-0.2, -0.15) is 0 Å². The SMILES string of the molecule is Cc1cc(F)ccc1NC(=O)c1c(O)c2c3c(sc2[nH]c1=O)C[C@H](C)CC3. The number of aromatic hydroxyl groups is 1. The molecule has 3 N–H and O–H groups in total. The molecule has 5 nitrogen and oxygen atoms in total. The molecule has 0 unspecified atom stereocenters. The normalized spacial score (nSPS) is 16.3. The van der Waals surface area contributed by atoms with Crippen LogP contribution in [-0.2, 0) is 12.8 Å². The number of benzene rings is 1. The average molecular weight is 386 g/mol. The van der Waals surface area contributed by atoms with Crippen molar-refractivity contribution in [3.8, 4) is 5.75 Å². The lowest BCUT2D eigenvalue weighted by Crippen LogP contribution is -2.23. The molecule has 7 heteroatoms. The van der Waals surface area contributed by atoms with Crippen molar-refractivity contribution in [1.29, 1.82) is 0 Å². The zero-order valence-electron chi connectivity index (χ0n) is 15.0. The van der Waals surface area contributed by atoms with Gasteiger partial charge in [-0.15, -0.1) is 11.3 Å². The predicted molar refractivity (Wildman–Crippen MR) is 104 cm³/mol. The number of aromatic amines is 1. The van der Waals surface area contributed by atoms with Crippen molar-refractivity contribution in [3.63, 3.8) is 0 Å². The maximum atomic E-state index is 13.3. The molecule has 1 aliphatic rings. The van der Waals surface area contributed by atoms with Crippen LogP contribution in [0, 0.1) is 18.7 Å². The van der Waals surface area contributed by atoms with Crippen LogP contribution >= 0.6 is 11.3 Å². The summed E-state index contributed by atoms with van der Waals surface area (Å²) < 4.78 is 13.3. The zero-order chi connectivity index (χ0) is 19.3. The van der Waals surface area contributed by atoms with Gasteiger partial charge in [0.05, 0.1) is 5.39 Å². The van der Waals surface area contributed by atoms with Gasteiger partial charge in [-0.05, 0) is 61.4 Å². The quantitative estimate of drug-likeness (QED) is 0.620. The Hall–Kier alpha value is -2.67. The van der Waals surface area contributed by atoms with Crippen molar-refractivity contribution in [2.45, 2.75) is 33.1 Å². The molecule has 1 aromatic carbocycles. The minimum absolute atomic E-state index is 0.280.